The first-order valence-electron chi connectivity index (χ1n) is 7.59. The van der Waals surface area contributed by atoms with E-state index < -0.39 is 0 Å². The Balaban J connectivity index is 2.28. The van der Waals surface area contributed by atoms with Crippen molar-refractivity contribution < 1.29 is 9.53 Å². The largest absolute Gasteiger partial charge is 0.495 e. The number of nitrogens with one attached hydrogen (secondary N) is 2. The van der Waals surface area contributed by atoms with Crippen LogP contribution in [-0.4, -0.2) is 29.5 Å². The Labute approximate surface area is 136 Å². The lowest BCUT2D eigenvalue weighted by molar-refractivity contribution is 0.0948. The average molecular weight is 314 g/mol. The standard InChI is InChI=1S/C17H22N4O2/c1-5-8-18-16(22)14-10-12(3)19-17(21-14)20-13-9-11(2)6-7-15(13)23-4/h6-7,9-10H,5,8H2,1-4H3,(H,18,22)(H,19,20,21). The second-order valence-corrected chi connectivity index (χ2v) is 5.30. The number of nitrogens with zero attached hydrogens (tertiary/aromatic N) is 2. The molecule has 23 heavy (non-hydrogen) atoms. The molecule has 6 heteroatoms. The van der Waals surface area contributed by atoms with Gasteiger partial charge in [0.15, 0.2) is 0 Å². The third kappa shape index (κ3) is 4.42. The van der Waals surface area contributed by atoms with Crippen LogP contribution in [-0.2, 0) is 0 Å². The van der Waals surface area contributed by atoms with Gasteiger partial charge in [-0.25, -0.2) is 9.97 Å². The summed E-state index contributed by atoms with van der Waals surface area (Å²) in [5.74, 6) is 0.866. The molecule has 6 nitrogen and oxygen atoms in total. The third-order valence-electron chi connectivity index (χ3n) is 3.22. The normalized spacial score (nSPS) is 10.3. The molecular formula is C17H22N4O2. The van der Waals surface area contributed by atoms with Crippen LogP contribution in [0.25, 0.3) is 0 Å². The molecule has 0 aliphatic carbocycles. The fourth-order valence-electron chi connectivity index (χ4n) is 2.11. The van der Waals surface area contributed by atoms with Crippen molar-refractivity contribution in [2.24, 2.45) is 0 Å². The van der Waals surface area contributed by atoms with E-state index in [-0.39, 0.29) is 5.91 Å². The monoisotopic (exact) mass is 314 g/mol. The Bertz CT molecular complexity index is 701. The highest BCUT2D eigenvalue weighted by Crippen LogP contribution is 2.27. The van der Waals surface area contributed by atoms with Crippen molar-refractivity contribution in [1.29, 1.82) is 0 Å². The summed E-state index contributed by atoms with van der Waals surface area (Å²) in [5, 5.41) is 5.95. The molecule has 0 aliphatic rings. The van der Waals surface area contributed by atoms with Crippen molar-refractivity contribution in [1.82, 2.24) is 15.3 Å². The quantitative estimate of drug-likeness (QED) is 0.857. The molecule has 0 saturated heterocycles. The number of hydrogen-bond acceptors (Lipinski definition) is 5. The van der Waals surface area contributed by atoms with E-state index in [4.69, 9.17) is 4.74 Å². The summed E-state index contributed by atoms with van der Waals surface area (Å²) in [6, 6.07) is 7.46. The molecule has 0 atom stereocenters. The van der Waals surface area contributed by atoms with Crippen LogP contribution in [0.5, 0.6) is 5.75 Å². The number of anilines is 2. The fraction of sp³-hybridized carbons (Fsp3) is 0.353. The van der Waals surface area contributed by atoms with Gasteiger partial charge in [-0.2, -0.15) is 0 Å². The van der Waals surface area contributed by atoms with Gasteiger partial charge in [-0.1, -0.05) is 13.0 Å². The van der Waals surface area contributed by atoms with Gasteiger partial charge in [0.25, 0.3) is 5.91 Å². The number of methoxy groups -OCH3 is 1. The van der Waals surface area contributed by atoms with E-state index in [9.17, 15) is 4.79 Å². The highest BCUT2D eigenvalue weighted by Gasteiger charge is 2.11. The molecule has 0 spiro atoms. The van der Waals surface area contributed by atoms with Gasteiger partial charge in [-0.15, -0.1) is 0 Å². The SMILES string of the molecule is CCCNC(=O)c1cc(C)nc(Nc2cc(C)ccc2OC)n1. The lowest BCUT2D eigenvalue weighted by Gasteiger charge is -2.12. The zero-order chi connectivity index (χ0) is 16.8. The third-order valence-corrected chi connectivity index (χ3v) is 3.22. The van der Waals surface area contributed by atoms with Crippen molar-refractivity contribution in [3.8, 4) is 5.75 Å². The van der Waals surface area contributed by atoms with Gasteiger partial charge in [0, 0.05) is 12.2 Å². The van der Waals surface area contributed by atoms with E-state index in [1.54, 1.807) is 13.2 Å². The minimum absolute atomic E-state index is 0.198. The Morgan fingerprint density at radius 1 is 1.22 bits per heavy atom. The lowest BCUT2D eigenvalue weighted by atomic mass is 10.2. The molecule has 0 fully saturated rings. The van der Waals surface area contributed by atoms with Crippen molar-refractivity contribution in [2.45, 2.75) is 27.2 Å². The van der Waals surface area contributed by atoms with Crippen LogP contribution in [0.1, 0.15) is 35.1 Å². The highest BCUT2D eigenvalue weighted by molar-refractivity contribution is 5.92. The number of carbonyl (C=O) groups is 1. The summed E-state index contributed by atoms with van der Waals surface area (Å²) in [6.07, 6.45) is 0.876. The topological polar surface area (TPSA) is 76.1 Å². The van der Waals surface area contributed by atoms with E-state index in [1.165, 1.54) is 0 Å². The molecule has 1 heterocycles. The van der Waals surface area contributed by atoms with Crippen molar-refractivity contribution in [2.75, 3.05) is 19.0 Å². The van der Waals surface area contributed by atoms with Gasteiger partial charge in [-0.05, 0) is 44.0 Å². The Hall–Kier alpha value is -2.63. The summed E-state index contributed by atoms with van der Waals surface area (Å²) in [6.45, 7) is 6.45. The second-order valence-electron chi connectivity index (χ2n) is 5.30. The number of rotatable bonds is 6. The molecule has 1 aromatic heterocycles. The Morgan fingerprint density at radius 3 is 2.70 bits per heavy atom. The van der Waals surface area contributed by atoms with Crippen molar-refractivity contribution in [3.05, 3.63) is 41.2 Å². The van der Waals surface area contributed by atoms with Gasteiger partial charge in [0.05, 0.1) is 12.8 Å². The highest BCUT2D eigenvalue weighted by atomic mass is 16.5. The van der Waals surface area contributed by atoms with Crippen LogP contribution in [0.3, 0.4) is 0 Å². The summed E-state index contributed by atoms with van der Waals surface area (Å²) in [4.78, 5) is 20.7. The van der Waals surface area contributed by atoms with Gasteiger partial charge in [0.1, 0.15) is 11.4 Å². The first-order chi connectivity index (χ1) is 11.0. The van der Waals surface area contributed by atoms with E-state index in [0.29, 0.717) is 23.9 Å². The van der Waals surface area contributed by atoms with Crippen LogP contribution in [0, 0.1) is 13.8 Å². The van der Waals surface area contributed by atoms with Crippen LogP contribution >= 0.6 is 0 Å². The van der Waals surface area contributed by atoms with E-state index in [0.717, 1.165) is 23.4 Å². The summed E-state index contributed by atoms with van der Waals surface area (Å²) < 4.78 is 5.34. The van der Waals surface area contributed by atoms with Crippen LogP contribution < -0.4 is 15.4 Å². The maximum Gasteiger partial charge on any atom is 0.270 e. The first-order valence-corrected chi connectivity index (χ1v) is 7.59. The molecule has 1 amide bonds. The second kappa shape index (κ2) is 7.58. The number of carbonyl (C=O) groups excluding carboxylic acids is 1. The summed E-state index contributed by atoms with van der Waals surface area (Å²) in [5.41, 5.74) is 2.91. The lowest BCUT2D eigenvalue weighted by Crippen LogP contribution is -2.25. The van der Waals surface area contributed by atoms with Gasteiger partial charge in [-0.3, -0.25) is 4.79 Å². The van der Waals surface area contributed by atoms with Gasteiger partial charge in [0.2, 0.25) is 5.95 Å². The molecular weight excluding hydrogens is 292 g/mol. The predicted molar refractivity (Wildman–Crippen MR) is 90.4 cm³/mol. The molecule has 0 radical (unpaired) electrons. The van der Waals surface area contributed by atoms with Crippen LogP contribution in [0.15, 0.2) is 24.3 Å². The average Bonchev–Trinajstić information content (AvgIpc) is 2.52. The molecule has 2 rings (SSSR count). The summed E-state index contributed by atoms with van der Waals surface area (Å²) in [7, 11) is 1.61. The fourth-order valence-corrected chi connectivity index (χ4v) is 2.11. The number of aromatic nitrogens is 2. The van der Waals surface area contributed by atoms with Crippen LogP contribution in [0.2, 0.25) is 0 Å². The first kappa shape index (κ1) is 16.7. The molecule has 0 unspecified atom stereocenters. The molecule has 122 valence electrons. The smallest absolute Gasteiger partial charge is 0.270 e. The maximum absolute atomic E-state index is 12.1. The van der Waals surface area contributed by atoms with E-state index >= 15 is 0 Å². The number of amides is 1. The van der Waals surface area contributed by atoms with Crippen molar-refractivity contribution >= 4 is 17.5 Å². The Kier molecular flexibility index (Phi) is 5.51. The van der Waals surface area contributed by atoms with Gasteiger partial charge >= 0.3 is 0 Å². The zero-order valence-electron chi connectivity index (χ0n) is 13.9. The number of hydrogen-bond donors (Lipinski definition) is 2. The number of benzene rings is 1. The predicted octanol–water partition coefficient (Wildman–Crippen LogP) is 2.99. The van der Waals surface area contributed by atoms with Crippen LogP contribution in [0.4, 0.5) is 11.6 Å². The van der Waals surface area contributed by atoms with Crippen molar-refractivity contribution in [3.63, 3.8) is 0 Å². The Morgan fingerprint density at radius 2 is 2.00 bits per heavy atom. The molecule has 0 bridgehead atoms. The zero-order valence-corrected chi connectivity index (χ0v) is 13.9. The van der Waals surface area contributed by atoms with E-state index in [2.05, 4.69) is 20.6 Å². The van der Waals surface area contributed by atoms with Gasteiger partial charge < -0.3 is 15.4 Å². The molecule has 2 aromatic rings. The number of aryl methyl sites for hydroxylation is 2. The number of ether oxygens (including phenoxy) is 1. The van der Waals surface area contributed by atoms with E-state index in [1.807, 2.05) is 39.0 Å². The minimum atomic E-state index is -0.198. The molecule has 0 saturated carbocycles. The minimum Gasteiger partial charge on any atom is -0.495 e. The summed E-state index contributed by atoms with van der Waals surface area (Å²) >= 11 is 0. The molecule has 0 aliphatic heterocycles. The maximum atomic E-state index is 12.1. The molecule has 1 aromatic carbocycles. The molecule has 2 N–H and O–H groups in total.